The van der Waals surface area contributed by atoms with Crippen LogP contribution in [0.3, 0.4) is 0 Å². The topological polar surface area (TPSA) is 34.1 Å². The Morgan fingerprint density at radius 3 is 2.43 bits per heavy atom. The van der Waals surface area contributed by atoms with Crippen molar-refractivity contribution >= 4 is 29.4 Å². The van der Waals surface area contributed by atoms with E-state index in [9.17, 15) is 9.59 Å². The summed E-state index contributed by atoms with van der Waals surface area (Å²) in [5, 5.41) is 0. The predicted molar refractivity (Wildman–Crippen MR) is 142 cm³/mol. The summed E-state index contributed by atoms with van der Waals surface area (Å²) < 4.78 is 0. The molecule has 0 radical (unpaired) electrons. The molecule has 2 aromatic rings. The van der Waals surface area contributed by atoms with Crippen molar-refractivity contribution in [3.63, 3.8) is 0 Å². The Labute approximate surface area is 212 Å². The highest BCUT2D eigenvalue weighted by molar-refractivity contribution is 7.99. The summed E-state index contributed by atoms with van der Waals surface area (Å²) >= 11 is 1.76. The molecule has 0 unspecified atom stereocenters. The molecule has 3 saturated carbocycles. The maximum atomic E-state index is 13.7. The molecule has 2 nitrogen and oxygen atoms in total. The van der Waals surface area contributed by atoms with Gasteiger partial charge in [-0.3, -0.25) is 9.59 Å². The van der Waals surface area contributed by atoms with Crippen molar-refractivity contribution in [3.05, 3.63) is 89.5 Å². The first kappa shape index (κ1) is 22.8. The van der Waals surface area contributed by atoms with Gasteiger partial charge in [-0.1, -0.05) is 67.6 Å². The third-order valence-electron chi connectivity index (χ3n) is 9.40. The van der Waals surface area contributed by atoms with Gasteiger partial charge in [0.05, 0.1) is 0 Å². The van der Waals surface area contributed by atoms with E-state index in [2.05, 4.69) is 74.5 Å². The summed E-state index contributed by atoms with van der Waals surface area (Å²) in [4.78, 5) is 28.2. The Morgan fingerprint density at radius 2 is 1.66 bits per heavy atom. The minimum absolute atomic E-state index is 0.0279. The highest BCUT2D eigenvalue weighted by Crippen LogP contribution is 2.64. The van der Waals surface area contributed by atoms with Crippen molar-refractivity contribution in [3.8, 4) is 0 Å². The van der Waals surface area contributed by atoms with Gasteiger partial charge in [-0.2, -0.15) is 0 Å². The molecule has 0 amide bonds. The van der Waals surface area contributed by atoms with E-state index in [1.54, 1.807) is 17.8 Å². The number of carbonyl (C=O) groups excluding carboxylic acids is 2. The van der Waals surface area contributed by atoms with Crippen molar-refractivity contribution in [2.24, 2.45) is 28.6 Å². The molecule has 0 aromatic heterocycles. The highest BCUT2D eigenvalue weighted by Gasteiger charge is 2.59. The molecule has 4 aliphatic carbocycles. The number of hydrogen-bond acceptors (Lipinski definition) is 3. The van der Waals surface area contributed by atoms with Crippen LogP contribution in [0, 0.1) is 28.6 Å². The average Bonchev–Trinajstić information content (AvgIpc) is 3.11. The summed E-state index contributed by atoms with van der Waals surface area (Å²) in [5.74, 6) is 1.95. The van der Waals surface area contributed by atoms with Crippen molar-refractivity contribution in [1.82, 2.24) is 0 Å². The zero-order chi connectivity index (χ0) is 24.2. The second-order valence-corrected chi connectivity index (χ2v) is 12.4. The van der Waals surface area contributed by atoms with Gasteiger partial charge in [0.25, 0.3) is 0 Å². The molecular weight excluding hydrogens is 448 g/mol. The summed E-state index contributed by atoms with van der Waals surface area (Å²) in [6.45, 7) is 4.55. The van der Waals surface area contributed by atoms with E-state index in [1.807, 2.05) is 12.1 Å². The van der Waals surface area contributed by atoms with Gasteiger partial charge in [-0.25, -0.2) is 0 Å². The van der Waals surface area contributed by atoms with Crippen molar-refractivity contribution in [1.29, 1.82) is 0 Å². The second kappa shape index (κ2) is 8.48. The lowest BCUT2D eigenvalue weighted by Crippen LogP contribution is -2.49. The van der Waals surface area contributed by atoms with E-state index in [-0.39, 0.29) is 16.6 Å². The van der Waals surface area contributed by atoms with E-state index < -0.39 is 0 Å². The molecule has 5 atom stereocenters. The molecule has 3 fully saturated rings. The Hall–Kier alpha value is -2.65. The highest BCUT2D eigenvalue weighted by atomic mass is 32.2. The van der Waals surface area contributed by atoms with Crippen LogP contribution in [0.25, 0.3) is 6.08 Å². The zero-order valence-electron chi connectivity index (χ0n) is 20.5. The number of allylic oxidation sites excluding steroid dienone is 5. The van der Waals surface area contributed by atoms with Crippen molar-refractivity contribution in [2.75, 3.05) is 0 Å². The maximum absolute atomic E-state index is 13.7. The zero-order valence-corrected chi connectivity index (χ0v) is 21.3. The third kappa shape index (κ3) is 3.80. The third-order valence-corrected chi connectivity index (χ3v) is 10.4. The van der Waals surface area contributed by atoms with E-state index in [0.29, 0.717) is 23.5 Å². The number of benzene rings is 2. The number of Topliss-reactive ketones (excluding diaryl/α,β-unsaturated/α-hetero) is 1. The Balaban J connectivity index is 1.24. The van der Waals surface area contributed by atoms with Crippen LogP contribution in [0.5, 0.6) is 0 Å². The minimum Gasteiger partial charge on any atom is -0.294 e. The van der Waals surface area contributed by atoms with Crippen LogP contribution in [-0.2, 0) is 9.59 Å². The monoisotopic (exact) mass is 480 g/mol. The largest absolute Gasteiger partial charge is 0.294 e. The molecule has 6 rings (SSSR count). The number of fused-ring (bicyclic) bond motifs is 5. The van der Waals surface area contributed by atoms with E-state index in [0.717, 1.165) is 43.2 Å². The van der Waals surface area contributed by atoms with Crippen LogP contribution >= 0.6 is 11.8 Å². The average molecular weight is 481 g/mol. The van der Waals surface area contributed by atoms with Crippen LogP contribution in [0.1, 0.15) is 51.5 Å². The van der Waals surface area contributed by atoms with Crippen LogP contribution in [0.2, 0.25) is 0 Å². The van der Waals surface area contributed by atoms with Gasteiger partial charge in [0.2, 0.25) is 0 Å². The molecule has 0 spiro atoms. The lowest BCUT2D eigenvalue weighted by molar-refractivity contribution is -0.129. The number of carbonyl (C=O) groups is 2. The van der Waals surface area contributed by atoms with Crippen LogP contribution in [0.4, 0.5) is 0 Å². The molecule has 3 heteroatoms. The van der Waals surface area contributed by atoms with E-state index in [1.165, 1.54) is 15.4 Å². The first-order valence-electron chi connectivity index (χ1n) is 12.9. The van der Waals surface area contributed by atoms with Crippen LogP contribution in [0.15, 0.2) is 93.8 Å². The second-order valence-electron chi connectivity index (χ2n) is 11.2. The lowest BCUT2D eigenvalue weighted by atomic mass is 9.48. The van der Waals surface area contributed by atoms with Gasteiger partial charge in [-0.05, 0) is 103 Å². The van der Waals surface area contributed by atoms with Gasteiger partial charge in [0.1, 0.15) is 0 Å². The maximum Gasteiger partial charge on any atom is 0.178 e. The molecular formula is C32H32O2S. The SMILES string of the molecule is C[C@]12C=CC(=O)C=C1CC[C@@H]1[C@@H]2CC[C@]2(C)C(=O)C(=Cc3ccc(Sc4ccccc4)cc3)C[C@@H]12. The van der Waals surface area contributed by atoms with Gasteiger partial charge >= 0.3 is 0 Å². The van der Waals surface area contributed by atoms with Crippen LogP contribution in [-0.4, -0.2) is 11.6 Å². The van der Waals surface area contributed by atoms with Crippen molar-refractivity contribution in [2.45, 2.75) is 55.7 Å². The molecule has 0 N–H and O–H groups in total. The first-order chi connectivity index (χ1) is 16.9. The van der Waals surface area contributed by atoms with Crippen LogP contribution < -0.4 is 0 Å². The molecule has 178 valence electrons. The molecule has 0 bridgehead atoms. The Kier molecular flexibility index (Phi) is 5.52. The fourth-order valence-electron chi connectivity index (χ4n) is 7.45. The number of rotatable bonds is 3. The molecule has 0 aliphatic heterocycles. The van der Waals surface area contributed by atoms with Gasteiger partial charge < -0.3 is 0 Å². The number of ketones is 2. The smallest absolute Gasteiger partial charge is 0.178 e. The Morgan fingerprint density at radius 1 is 0.914 bits per heavy atom. The summed E-state index contributed by atoms with van der Waals surface area (Å²) in [6, 6.07) is 19.0. The predicted octanol–water partition coefficient (Wildman–Crippen LogP) is 7.71. The lowest BCUT2D eigenvalue weighted by Gasteiger charge is -2.55. The van der Waals surface area contributed by atoms with E-state index in [4.69, 9.17) is 0 Å². The fraction of sp³-hybridized carbons (Fsp3) is 0.375. The van der Waals surface area contributed by atoms with E-state index >= 15 is 0 Å². The molecule has 0 saturated heterocycles. The standard InChI is InChI=1S/C32H32O2S/c1-31-16-14-24(33)20-23(31)10-13-27-28(31)15-17-32(2)29(27)19-22(30(32)34)18-21-8-11-26(12-9-21)35-25-6-4-3-5-7-25/h3-9,11-12,14,16,18,20,27-29H,10,13,15,17,19H2,1-2H3/t27-,28+,29+,31+,32+/m1/s1. The normalized spacial score (nSPS) is 34.9. The van der Waals surface area contributed by atoms with Crippen molar-refractivity contribution < 1.29 is 9.59 Å². The molecule has 0 heterocycles. The quantitative estimate of drug-likeness (QED) is 0.422. The van der Waals surface area contributed by atoms with Gasteiger partial charge in [0, 0.05) is 20.6 Å². The number of hydrogen-bond donors (Lipinski definition) is 0. The fourth-order valence-corrected chi connectivity index (χ4v) is 8.29. The minimum atomic E-state index is -0.248. The first-order valence-corrected chi connectivity index (χ1v) is 13.7. The Bertz CT molecular complexity index is 1270. The molecule has 2 aromatic carbocycles. The molecule has 35 heavy (non-hydrogen) atoms. The van der Waals surface area contributed by atoms with Gasteiger partial charge in [0.15, 0.2) is 11.6 Å². The molecule has 4 aliphatic rings. The summed E-state index contributed by atoms with van der Waals surface area (Å²) in [6.07, 6.45) is 12.9. The van der Waals surface area contributed by atoms with Gasteiger partial charge in [-0.15, -0.1) is 0 Å². The summed E-state index contributed by atoms with van der Waals surface area (Å²) in [5.41, 5.74) is 3.15. The summed E-state index contributed by atoms with van der Waals surface area (Å²) in [7, 11) is 0.